The molecule has 198 valence electrons. The maximum absolute atomic E-state index is 12.9. The predicted molar refractivity (Wildman–Crippen MR) is 135 cm³/mol. The Morgan fingerprint density at radius 1 is 1.26 bits per heavy atom. The molecule has 2 heterocycles. The van der Waals surface area contributed by atoms with Gasteiger partial charge in [-0.3, -0.25) is 18.8 Å². The van der Waals surface area contributed by atoms with Crippen LogP contribution in [0, 0.1) is 5.41 Å². The fourth-order valence-electron chi connectivity index (χ4n) is 5.70. The predicted octanol–water partition coefficient (Wildman–Crippen LogP) is 2.73. The van der Waals surface area contributed by atoms with Crippen LogP contribution in [0.1, 0.15) is 55.0 Å². The second kappa shape index (κ2) is 12.9. The second-order valence-corrected chi connectivity index (χ2v) is 10.3. The number of likely N-dealkylation sites (N-methyl/N-ethyl adjacent to an activating group) is 2. The summed E-state index contributed by atoms with van der Waals surface area (Å²) in [7, 11) is 7.61. The largest absolute Gasteiger partial charge is 0.384 e. The van der Waals surface area contributed by atoms with Gasteiger partial charge in [0.2, 0.25) is 5.91 Å². The highest BCUT2D eigenvalue weighted by molar-refractivity contribution is 5.92. The molecule has 35 heavy (non-hydrogen) atoms. The summed E-state index contributed by atoms with van der Waals surface area (Å²) in [5.41, 5.74) is 3.95. The molecule has 1 amide bonds. The maximum atomic E-state index is 12.9. The number of rotatable bonds is 13. The standard InChI is InChI=1S/C26H44FN5O3/c1-20(8-11-27)25(33)31-14-15-32-23(17-31)24(22(29-32)16-30(3)13-12-28-2)21-6-9-26(10-7-21,18-34-4)19-35-5/h21,28H,1,6-19H2,2-5H3. The topological polar surface area (TPSA) is 71.9 Å². The van der Waals surface area contributed by atoms with E-state index in [9.17, 15) is 9.18 Å². The van der Waals surface area contributed by atoms with E-state index in [0.717, 1.165) is 56.7 Å². The molecule has 0 spiro atoms. The number of carbonyl (C=O) groups excluding carboxylic acids is 1. The van der Waals surface area contributed by atoms with Crippen LogP contribution in [0.15, 0.2) is 12.2 Å². The summed E-state index contributed by atoms with van der Waals surface area (Å²) in [6.45, 7) is 9.03. The summed E-state index contributed by atoms with van der Waals surface area (Å²) in [4.78, 5) is 17.0. The summed E-state index contributed by atoms with van der Waals surface area (Å²) in [6.07, 6.45) is 4.25. The van der Waals surface area contributed by atoms with Crippen molar-refractivity contribution in [2.45, 2.75) is 57.7 Å². The van der Waals surface area contributed by atoms with Crippen LogP contribution in [0.2, 0.25) is 0 Å². The molecule has 0 aromatic carbocycles. The lowest BCUT2D eigenvalue weighted by molar-refractivity contribution is -0.128. The zero-order valence-electron chi connectivity index (χ0n) is 22.1. The fraction of sp³-hybridized carbons (Fsp3) is 0.769. The van der Waals surface area contributed by atoms with Crippen LogP contribution >= 0.6 is 0 Å². The van der Waals surface area contributed by atoms with Crippen molar-refractivity contribution in [1.82, 2.24) is 24.9 Å². The first-order valence-electron chi connectivity index (χ1n) is 12.8. The molecule has 0 radical (unpaired) electrons. The minimum Gasteiger partial charge on any atom is -0.384 e. The van der Waals surface area contributed by atoms with Crippen LogP contribution in [0.4, 0.5) is 4.39 Å². The van der Waals surface area contributed by atoms with Crippen molar-refractivity contribution in [2.75, 3.05) is 67.8 Å². The summed E-state index contributed by atoms with van der Waals surface area (Å²) in [5, 5.41) is 8.26. The molecule has 1 aromatic rings. The van der Waals surface area contributed by atoms with Crippen molar-refractivity contribution in [2.24, 2.45) is 5.41 Å². The van der Waals surface area contributed by atoms with E-state index < -0.39 is 6.67 Å². The van der Waals surface area contributed by atoms with Crippen LogP contribution in [0.25, 0.3) is 0 Å². The number of fused-ring (bicyclic) bond motifs is 1. The molecular formula is C26H44FN5O3. The zero-order chi connectivity index (χ0) is 25.4. The van der Waals surface area contributed by atoms with Gasteiger partial charge in [-0.25, -0.2) is 0 Å². The third-order valence-corrected chi connectivity index (χ3v) is 7.60. The van der Waals surface area contributed by atoms with Gasteiger partial charge in [0.05, 0.1) is 44.4 Å². The molecule has 1 N–H and O–H groups in total. The normalized spacial score (nSPS) is 18.2. The maximum Gasteiger partial charge on any atom is 0.249 e. The first kappa shape index (κ1) is 27.8. The highest BCUT2D eigenvalue weighted by Crippen LogP contribution is 2.45. The van der Waals surface area contributed by atoms with Crippen molar-refractivity contribution < 1.29 is 18.7 Å². The molecule has 2 aliphatic rings. The number of nitrogens with one attached hydrogen (secondary N) is 1. The molecule has 0 saturated heterocycles. The Hall–Kier alpha value is -1.81. The number of halogens is 1. The van der Waals surface area contributed by atoms with E-state index in [1.165, 1.54) is 5.56 Å². The molecule has 1 fully saturated rings. The average Bonchev–Trinajstić information content (AvgIpc) is 3.20. The quantitative estimate of drug-likeness (QED) is 0.426. The number of ether oxygens (including phenoxy) is 2. The highest BCUT2D eigenvalue weighted by atomic mass is 19.1. The van der Waals surface area contributed by atoms with Gasteiger partial charge in [-0.1, -0.05) is 6.58 Å². The molecule has 3 rings (SSSR count). The molecule has 1 aliphatic carbocycles. The van der Waals surface area contributed by atoms with E-state index in [0.29, 0.717) is 44.3 Å². The van der Waals surface area contributed by atoms with Gasteiger partial charge >= 0.3 is 0 Å². The third kappa shape index (κ3) is 6.70. The number of nitrogens with zero attached hydrogens (tertiary/aromatic N) is 4. The SMILES string of the molecule is C=C(CCF)C(=O)N1CCn2nc(CN(C)CCNC)c(C3CCC(COC)(COC)CC3)c2C1. The number of aromatic nitrogens is 2. The lowest BCUT2D eigenvalue weighted by atomic mass is 9.69. The lowest BCUT2D eigenvalue weighted by Gasteiger charge is -2.40. The monoisotopic (exact) mass is 493 g/mol. The molecule has 8 nitrogen and oxygen atoms in total. The molecule has 0 atom stereocenters. The van der Waals surface area contributed by atoms with Crippen molar-refractivity contribution in [3.8, 4) is 0 Å². The number of hydrogen-bond donors (Lipinski definition) is 1. The second-order valence-electron chi connectivity index (χ2n) is 10.3. The summed E-state index contributed by atoms with van der Waals surface area (Å²) in [6, 6.07) is 0. The minimum atomic E-state index is -0.558. The van der Waals surface area contributed by atoms with E-state index in [1.807, 2.05) is 11.9 Å². The van der Waals surface area contributed by atoms with Crippen LogP contribution < -0.4 is 5.32 Å². The van der Waals surface area contributed by atoms with Crippen LogP contribution in [0.5, 0.6) is 0 Å². The van der Waals surface area contributed by atoms with Crippen molar-refractivity contribution >= 4 is 5.91 Å². The Bertz CT molecular complexity index is 842. The van der Waals surface area contributed by atoms with Gasteiger partial charge in [0, 0.05) is 63.4 Å². The van der Waals surface area contributed by atoms with Crippen LogP contribution in [-0.2, 0) is 33.9 Å². The summed E-state index contributed by atoms with van der Waals surface area (Å²) < 4.78 is 26.1. The number of alkyl halides is 1. The lowest BCUT2D eigenvalue weighted by Crippen LogP contribution is -2.40. The highest BCUT2D eigenvalue weighted by Gasteiger charge is 2.39. The Balaban J connectivity index is 1.86. The molecule has 1 saturated carbocycles. The Kier molecular flexibility index (Phi) is 10.3. The fourth-order valence-corrected chi connectivity index (χ4v) is 5.70. The number of methoxy groups -OCH3 is 2. The van der Waals surface area contributed by atoms with Gasteiger partial charge in [-0.2, -0.15) is 5.10 Å². The Morgan fingerprint density at radius 3 is 2.54 bits per heavy atom. The Labute approximate surface area is 209 Å². The third-order valence-electron chi connectivity index (χ3n) is 7.60. The van der Waals surface area contributed by atoms with E-state index in [2.05, 4.69) is 28.5 Å². The first-order chi connectivity index (χ1) is 16.9. The zero-order valence-corrected chi connectivity index (χ0v) is 22.1. The first-order valence-corrected chi connectivity index (χ1v) is 12.8. The van der Waals surface area contributed by atoms with Gasteiger partial charge in [-0.15, -0.1) is 0 Å². The summed E-state index contributed by atoms with van der Waals surface area (Å²) >= 11 is 0. The molecule has 1 aliphatic heterocycles. The van der Waals surface area contributed by atoms with Crippen molar-refractivity contribution in [1.29, 1.82) is 0 Å². The minimum absolute atomic E-state index is 0.0586. The number of hydrogen-bond acceptors (Lipinski definition) is 6. The number of amides is 1. The number of carbonyl (C=O) groups is 1. The molecule has 0 bridgehead atoms. The van der Waals surface area contributed by atoms with E-state index in [-0.39, 0.29) is 17.7 Å². The molecule has 9 heteroatoms. The van der Waals surface area contributed by atoms with Crippen molar-refractivity contribution in [3.05, 3.63) is 29.1 Å². The Morgan fingerprint density at radius 2 is 1.94 bits per heavy atom. The van der Waals surface area contributed by atoms with Gasteiger partial charge in [0.25, 0.3) is 0 Å². The molecular weight excluding hydrogens is 449 g/mol. The van der Waals surface area contributed by atoms with Gasteiger partial charge < -0.3 is 19.7 Å². The van der Waals surface area contributed by atoms with Gasteiger partial charge in [0.1, 0.15) is 0 Å². The van der Waals surface area contributed by atoms with Gasteiger partial charge in [0.15, 0.2) is 0 Å². The average molecular weight is 494 g/mol. The summed E-state index contributed by atoms with van der Waals surface area (Å²) in [5.74, 6) is 0.244. The van der Waals surface area contributed by atoms with Crippen molar-refractivity contribution in [3.63, 3.8) is 0 Å². The van der Waals surface area contributed by atoms with Gasteiger partial charge in [-0.05, 0) is 45.7 Å². The van der Waals surface area contributed by atoms with Crippen LogP contribution in [0.3, 0.4) is 0 Å². The van der Waals surface area contributed by atoms with E-state index in [1.54, 1.807) is 14.2 Å². The van der Waals surface area contributed by atoms with E-state index >= 15 is 0 Å². The van der Waals surface area contributed by atoms with Crippen LogP contribution in [-0.4, -0.2) is 93.3 Å². The molecule has 0 unspecified atom stereocenters. The van der Waals surface area contributed by atoms with E-state index in [4.69, 9.17) is 14.6 Å². The molecule has 1 aromatic heterocycles. The smallest absolute Gasteiger partial charge is 0.249 e.